The second kappa shape index (κ2) is 9.52. The van der Waals surface area contributed by atoms with Crippen molar-refractivity contribution in [2.45, 2.75) is 45.6 Å². The Kier molecular flexibility index (Phi) is 7.09. The van der Waals surface area contributed by atoms with Crippen molar-refractivity contribution >= 4 is 5.91 Å². The number of hydrogen-bond donors (Lipinski definition) is 1. The molecule has 26 heavy (non-hydrogen) atoms. The third kappa shape index (κ3) is 5.82. The minimum atomic E-state index is 0.0658. The lowest BCUT2D eigenvalue weighted by Gasteiger charge is -2.30. The van der Waals surface area contributed by atoms with Crippen LogP contribution in [0.4, 0.5) is 0 Å². The molecular formula is C22H35N3O. The first-order chi connectivity index (χ1) is 12.6. The number of rotatable bonds is 6. The lowest BCUT2D eigenvalue weighted by molar-refractivity contribution is 0.0949. The van der Waals surface area contributed by atoms with Crippen molar-refractivity contribution in [1.82, 2.24) is 15.1 Å². The van der Waals surface area contributed by atoms with Gasteiger partial charge < -0.3 is 10.2 Å². The van der Waals surface area contributed by atoms with Gasteiger partial charge in [0.05, 0.1) is 0 Å². The molecule has 0 saturated carbocycles. The molecule has 144 valence electrons. The van der Waals surface area contributed by atoms with Crippen LogP contribution in [0.5, 0.6) is 0 Å². The summed E-state index contributed by atoms with van der Waals surface area (Å²) in [4.78, 5) is 17.3. The number of nitrogens with one attached hydrogen (secondary N) is 1. The van der Waals surface area contributed by atoms with Gasteiger partial charge in [-0.2, -0.15) is 0 Å². The molecule has 2 aliphatic rings. The summed E-state index contributed by atoms with van der Waals surface area (Å²) in [6, 6.07) is 8.19. The third-order valence-electron chi connectivity index (χ3n) is 6.04. The fourth-order valence-corrected chi connectivity index (χ4v) is 4.29. The van der Waals surface area contributed by atoms with Crippen molar-refractivity contribution in [2.75, 3.05) is 39.8 Å². The fourth-order valence-electron chi connectivity index (χ4n) is 4.29. The molecule has 1 atom stereocenters. The Balaban J connectivity index is 1.40. The number of amides is 1. The van der Waals surface area contributed by atoms with E-state index in [1.807, 2.05) is 12.1 Å². The number of carbonyl (C=O) groups is 1. The number of hydrogen-bond acceptors (Lipinski definition) is 3. The molecule has 0 bridgehead atoms. The first-order valence-corrected chi connectivity index (χ1v) is 10.4. The van der Waals surface area contributed by atoms with E-state index < -0.39 is 0 Å². The fraction of sp³-hybridized carbons (Fsp3) is 0.682. The van der Waals surface area contributed by atoms with Crippen LogP contribution in [-0.4, -0.2) is 55.5 Å². The van der Waals surface area contributed by atoms with Gasteiger partial charge in [-0.1, -0.05) is 19.1 Å². The van der Waals surface area contributed by atoms with E-state index in [9.17, 15) is 4.79 Å². The van der Waals surface area contributed by atoms with E-state index in [1.54, 1.807) is 0 Å². The van der Waals surface area contributed by atoms with E-state index in [-0.39, 0.29) is 5.91 Å². The first kappa shape index (κ1) is 19.4. The summed E-state index contributed by atoms with van der Waals surface area (Å²) in [5, 5.41) is 3.10. The van der Waals surface area contributed by atoms with E-state index in [1.165, 1.54) is 57.4 Å². The van der Waals surface area contributed by atoms with Crippen molar-refractivity contribution < 1.29 is 4.79 Å². The molecule has 4 nitrogen and oxygen atoms in total. The maximum Gasteiger partial charge on any atom is 0.251 e. The highest BCUT2D eigenvalue weighted by atomic mass is 16.1. The maximum absolute atomic E-state index is 12.4. The van der Waals surface area contributed by atoms with Crippen molar-refractivity contribution in [3.8, 4) is 0 Å². The van der Waals surface area contributed by atoms with Crippen LogP contribution in [0, 0.1) is 11.8 Å². The minimum absolute atomic E-state index is 0.0658. The average molecular weight is 358 g/mol. The average Bonchev–Trinajstić information content (AvgIpc) is 2.64. The molecule has 1 aromatic carbocycles. The lowest BCUT2D eigenvalue weighted by Crippen LogP contribution is -2.33. The van der Waals surface area contributed by atoms with E-state index in [0.29, 0.717) is 0 Å². The molecule has 0 aromatic heterocycles. The molecule has 0 unspecified atom stereocenters. The SMILES string of the molecule is C[C@H]1CCCN(Cc2ccc(C(=O)NCCC3CCN(C)CC3)cc2)C1. The van der Waals surface area contributed by atoms with E-state index in [4.69, 9.17) is 0 Å². The van der Waals surface area contributed by atoms with E-state index >= 15 is 0 Å². The van der Waals surface area contributed by atoms with Crippen LogP contribution in [0.2, 0.25) is 0 Å². The van der Waals surface area contributed by atoms with Crippen LogP contribution in [-0.2, 0) is 6.54 Å². The van der Waals surface area contributed by atoms with Crippen LogP contribution in [0.3, 0.4) is 0 Å². The molecule has 0 aliphatic carbocycles. The third-order valence-corrected chi connectivity index (χ3v) is 6.04. The normalized spacial score (nSPS) is 23.1. The monoisotopic (exact) mass is 357 g/mol. The highest BCUT2D eigenvalue weighted by molar-refractivity contribution is 5.94. The quantitative estimate of drug-likeness (QED) is 0.848. The first-order valence-electron chi connectivity index (χ1n) is 10.4. The molecule has 4 heteroatoms. The summed E-state index contributed by atoms with van der Waals surface area (Å²) in [6.45, 7) is 8.91. The van der Waals surface area contributed by atoms with E-state index in [0.717, 1.165) is 36.9 Å². The molecule has 1 amide bonds. The molecule has 2 saturated heterocycles. The zero-order chi connectivity index (χ0) is 18.4. The minimum Gasteiger partial charge on any atom is -0.352 e. The highest BCUT2D eigenvalue weighted by Crippen LogP contribution is 2.19. The van der Waals surface area contributed by atoms with Crippen molar-refractivity contribution in [3.05, 3.63) is 35.4 Å². The van der Waals surface area contributed by atoms with Gasteiger partial charge in [-0.25, -0.2) is 0 Å². The number of piperidine rings is 2. The summed E-state index contributed by atoms with van der Waals surface area (Å²) < 4.78 is 0. The molecule has 1 N–H and O–H groups in total. The summed E-state index contributed by atoms with van der Waals surface area (Å²) in [6.07, 6.45) is 6.28. The number of carbonyl (C=O) groups excluding carboxylic acids is 1. The van der Waals surface area contributed by atoms with Crippen LogP contribution in [0.15, 0.2) is 24.3 Å². The largest absolute Gasteiger partial charge is 0.352 e. The Bertz CT molecular complexity index is 563. The van der Waals surface area contributed by atoms with Crippen LogP contribution >= 0.6 is 0 Å². The van der Waals surface area contributed by atoms with Gasteiger partial charge in [0.25, 0.3) is 5.91 Å². The molecule has 2 heterocycles. The number of likely N-dealkylation sites (tertiary alicyclic amines) is 2. The highest BCUT2D eigenvalue weighted by Gasteiger charge is 2.17. The van der Waals surface area contributed by atoms with Crippen molar-refractivity contribution in [1.29, 1.82) is 0 Å². The van der Waals surface area contributed by atoms with Gasteiger partial charge in [0.2, 0.25) is 0 Å². The van der Waals surface area contributed by atoms with Gasteiger partial charge in [-0.15, -0.1) is 0 Å². The van der Waals surface area contributed by atoms with E-state index in [2.05, 4.69) is 41.2 Å². The van der Waals surface area contributed by atoms with Gasteiger partial charge in [-0.3, -0.25) is 9.69 Å². The molecule has 3 rings (SSSR count). The van der Waals surface area contributed by atoms with Crippen molar-refractivity contribution in [2.24, 2.45) is 11.8 Å². The Hall–Kier alpha value is -1.39. The lowest BCUT2D eigenvalue weighted by atomic mass is 9.94. The number of benzene rings is 1. The summed E-state index contributed by atoms with van der Waals surface area (Å²) in [7, 11) is 2.19. The smallest absolute Gasteiger partial charge is 0.251 e. The second-order valence-electron chi connectivity index (χ2n) is 8.47. The topological polar surface area (TPSA) is 35.6 Å². The zero-order valence-corrected chi connectivity index (χ0v) is 16.5. The van der Waals surface area contributed by atoms with Gasteiger partial charge >= 0.3 is 0 Å². The van der Waals surface area contributed by atoms with Crippen LogP contribution in [0.1, 0.15) is 54.9 Å². The molecule has 2 fully saturated rings. The van der Waals surface area contributed by atoms with Crippen molar-refractivity contribution in [3.63, 3.8) is 0 Å². The summed E-state index contributed by atoms with van der Waals surface area (Å²) in [5.41, 5.74) is 2.09. The predicted octanol–water partition coefficient (Wildman–Crippen LogP) is 3.38. The molecule has 0 radical (unpaired) electrons. The molecule has 1 aromatic rings. The Morgan fingerprint density at radius 2 is 1.85 bits per heavy atom. The maximum atomic E-state index is 12.4. The predicted molar refractivity (Wildman–Crippen MR) is 107 cm³/mol. The molecular weight excluding hydrogens is 322 g/mol. The Morgan fingerprint density at radius 1 is 1.12 bits per heavy atom. The zero-order valence-electron chi connectivity index (χ0n) is 16.5. The number of nitrogens with zero attached hydrogens (tertiary/aromatic N) is 2. The van der Waals surface area contributed by atoms with Crippen LogP contribution in [0.25, 0.3) is 0 Å². The van der Waals surface area contributed by atoms with Gasteiger partial charge in [0.1, 0.15) is 0 Å². The Morgan fingerprint density at radius 3 is 2.54 bits per heavy atom. The van der Waals surface area contributed by atoms with Crippen LogP contribution < -0.4 is 5.32 Å². The standard InChI is InChI=1S/C22H35N3O/c1-18-4-3-13-25(16-18)17-20-5-7-21(8-6-20)22(26)23-12-9-19-10-14-24(2)15-11-19/h5-8,18-19H,3-4,9-17H2,1-2H3,(H,23,26)/t18-/m0/s1. The van der Waals surface area contributed by atoms with Gasteiger partial charge in [0, 0.05) is 25.2 Å². The summed E-state index contributed by atoms with van der Waals surface area (Å²) in [5.74, 6) is 1.63. The van der Waals surface area contributed by atoms with Gasteiger partial charge in [-0.05, 0) is 88.3 Å². The molecule has 2 aliphatic heterocycles. The second-order valence-corrected chi connectivity index (χ2v) is 8.47. The summed E-state index contributed by atoms with van der Waals surface area (Å²) >= 11 is 0. The molecule has 0 spiro atoms. The Labute approximate surface area is 158 Å². The van der Waals surface area contributed by atoms with Gasteiger partial charge in [0.15, 0.2) is 0 Å².